The molecule has 0 aliphatic rings. The fourth-order valence-electron chi connectivity index (χ4n) is 1.87. The van der Waals surface area contributed by atoms with Crippen LogP contribution in [0.15, 0.2) is 35.7 Å². The molecule has 0 spiro atoms. The Morgan fingerprint density at radius 1 is 1.25 bits per heavy atom. The number of fused-ring (bicyclic) bond motifs is 1. The smallest absolute Gasteiger partial charge is 0.191 e. The lowest BCUT2D eigenvalue weighted by atomic mass is 10.3. The summed E-state index contributed by atoms with van der Waals surface area (Å²) in [5.41, 5.74) is 2.26. The number of anilines is 2. The van der Waals surface area contributed by atoms with Gasteiger partial charge in [0, 0.05) is 0 Å². The molecule has 0 radical (unpaired) electrons. The summed E-state index contributed by atoms with van der Waals surface area (Å²) in [5, 5.41) is 3.94. The predicted octanol–water partition coefficient (Wildman–Crippen LogP) is 2.83. The van der Waals surface area contributed by atoms with Crippen molar-refractivity contribution < 1.29 is 4.74 Å². The molecular formula is C13H13N5OS. The molecule has 1 aromatic carbocycles. The van der Waals surface area contributed by atoms with Gasteiger partial charge in [0.05, 0.1) is 19.1 Å². The number of nitrogens with zero attached hydrogens (tertiary/aromatic N) is 3. The first-order chi connectivity index (χ1) is 9.81. The second kappa shape index (κ2) is 5.38. The molecule has 20 heavy (non-hydrogen) atoms. The van der Waals surface area contributed by atoms with Crippen molar-refractivity contribution >= 4 is 34.4 Å². The first-order valence-electron chi connectivity index (χ1n) is 5.97. The molecule has 0 fully saturated rings. The highest BCUT2D eigenvalue weighted by atomic mass is 32.2. The Morgan fingerprint density at radius 2 is 2.10 bits per heavy atom. The minimum absolute atomic E-state index is 0.641. The van der Waals surface area contributed by atoms with Crippen molar-refractivity contribution in [2.24, 2.45) is 0 Å². The van der Waals surface area contributed by atoms with E-state index in [1.807, 2.05) is 30.5 Å². The number of nitrogens with one attached hydrogen (secondary N) is 2. The van der Waals surface area contributed by atoms with Crippen LogP contribution >= 0.6 is 11.8 Å². The number of thioether (sulfide) groups is 1. The first-order valence-corrected chi connectivity index (χ1v) is 7.19. The zero-order valence-electron chi connectivity index (χ0n) is 11.0. The third-order valence-electron chi connectivity index (χ3n) is 2.81. The van der Waals surface area contributed by atoms with Gasteiger partial charge < -0.3 is 15.0 Å². The summed E-state index contributed by atoms with van der Waals surface area (Å²) < 4.78 is 5.33. The molecule has 0 bridgehead atoms. The standard InChI is InChI=1S/C13H13N5OS/c1-19-9-6-4-3-5-8(9)16-12-10-11(15-7-14-10)17-13(18-12)20-2/h3-7H,1-2H3,(H2,14,15,16,17,18). The molecule has 0 saturated heterocycles. The van der Waals surface area contributed by atoms with E-state index in [-0.39, 0.29) is 0 Å². The van der Waals surface area contributed by atoms with Crippen molar-refractivity contribution in [3.8, 4) is 5.75 Å². The highest BCUT2D eigenvalue weighted by Crippen LogP contribution is 2.29. The molecule has 2 N–H and O–H groups in total. The second-order valence-electron chi connectivity index (χ2n) is 3.99. The molecule has 6 nitrogen and oxygen atoms in total. The van der Waals surface area contributed by atoms with Gasteiger partial charge in [-0.3, -0.25) is 0 Å². The van der Waals surface area contributed by atoms with E-state index in [2.05, 4.69) is 25.3 Å². The summed E-state index contributed by atoms with van der Waals surface area (Å²) in [6, 6.07) is 7.68. The van der Waals surface area contributed by atoms with Crippen LogP contribution in [0, 0.1) is 0 Å². The zero-order chi connectivity index (χ0) is 13.9. The number of para-hydroxylation sites is 2. The number of imidazole rings is 1. The Labute approximate surface area is 120 Å². The maximum absolute atomic E-state index is 5.33. The Kier molecular flexibility index (Phi) is 3.42. The maximum atomic E-state index is 5.33. The summed E-state index contributed by atoms with van der Waals surface area (Å²) in [6.07, 6.45) is 3.54. The van der Waals surface area contributed by atoms with Gasteiger partial charge in [0.15, 0.2) is 16.6 Å². The Bertz CT molecular complexity index is 742. The van der Waals surface area contributed by atoms with Crippen molar-refractivity contribution in [1.82, 2.24) is 19.9 Å². The van der Waals surface area contributed by atoms with Gasteiger partial charge in [0.2, 0.25) is 0 Å². The lowest BCUT2D eigenvalue weighted by Crippen LogP contribution is -2.00. The molecule has 2 aromatic heterocycles. The fraction of sp³-hybridized carbons (Fsp3) is 0.154. The van der Waals surface area contributed by atoms with Gasteiger partial charge in [-0.2, -0.15) is 0 Å². The summed E-state index contributed by atoms with van der Waals surface area (Å²) >= 11 is 1.47. The van der Waals surface area contributed by atoms with E-state index in [4.69, 9.17) is 4.74 Å². The first kappa shape index (κ1) is 12.7. The molecule has 0 aliphatic carbocycles. The minimum Gasteiger partial charge on any atom is -0.495 e. The van der Waals surface area contributed by atoms with E-state index in [1.54, 1.807) is 13.4 Å². The number of H-pyrrole nitrogens is 1. The van der Waals surface area contributed by atoms with Crippen LogP contribution in [-0.2, 0) is 0 Å². The average molecular weight is 287 g/mol. The topological polar surface area (TPSA) is 75.7 Å². The van der Waals surface area contributed by atoms with Crippen molar-refractivity contribution in [2.75, 3.05) is 18.7 Å². The molecule has 7 heteroatoms. The van der Waals surface area contributed by atoms with E-state index < -0.39 is 0 Å². The highest BCUT2D eigenvalue weighted by molar-refractivity contribution is 7.98. The van der Waals surface area contributed by atoms with Crippen LogP contribution in [0.2, 0.25) is 0 Å². The lowest BCUT2D eigenvalue weighted by molar-refractivity contribution is 0.417. The number of methoxy groups -OCH3 is 1. The number of rotatable bonds is 4. The van der Waals surface area contributed by atoms with Gasteiger partial charge in [-0.1, -0.05) is 23.9 Å². The molecular weight excluding hydrogens is 274 g/mol. The monoisotopic (exact) mass is 287 g/mol. The van der Waals surface area contributed by atoms with Gasteiger partial charge in [-0.25, -0.2) is 15.0 Å². The van der Waals surface area contributed by atoms with Crippen LogP contribution in [0.1, 0.15) is 0 Å². The van der Waals surface area contributed by atoms with Gasteiger partial charge in [-0.15, -0.1) is 0 Å². The number of hydrogen-bond donors (Lipinski definition) is 2. The number of ether oxygens (including phenoxy) is 1. The average Bonchev–Trinajstić information content (AvgIpc) is 2.96. The zero-order valence-corrected chi connectivity index (χ0v) is 11.9. The van der Waals surface area contributed by atoms with Crippen molar-refractivity contribution in [2.45, 2.75) is 5.16 Å². The van der Waals surface area contributed by atoms with Crippen LogP contribution < -0.4 is 10.1 Å². The Balaban J connectivity index is 2.07. The number of benzene rings is 1. The number of hydrogen-bond acceptors (Lipinski definition) is 6. The van der Waals surface area contributed by atoms with E-state index in [0.29, 0.717) is 16.6 Å². The van der Waals surface area contributed by atoms with Crippen molar-refractivity contribution in [3.05, 3.63) is 30.6 Å². The van der Waals surface area contributed by atoms with Crippen LogP contribution in [-0.4, -0.2) is 33.3 Å². The van der Waals surface area contributed by atoms with Gasteiger partial charge >= 0.3 is 0 Å². The highest BCUT2D eigenvalue weighted by Gasteiger charge is 2.11. The molecule has 0 amide bonds. The molecule has 0 saturated carbocycles. The van der Waals surface area contributed by atoms with Gasteiger partial charge in [0.25, 0.3) is 0 Å². The maximum Gasteiger partial charge on any atom is 0.191 e. The number of aromatic amines is 1. The third kappa shape index (κ3) is 2.27. The predicted molar refractivity (Wildman–Crippen MR) is 79.7 cm³/mol. The van der Waals surface area contributed by atoms with E-state index >= 15 is 0 Å². The molecule has 0 unspecified atom stereocenters. The number of aromatic nitrogens is 4. The SMILES string of the molecule is COc1ccccc1Nc1nc(SC)nc2nc[nH]c12. The van der Waals surface area contributed by atoms with Crippen LogP contribution in [0.4, 0.5) is 11.5 Å². The van der Waals surface area contributed by atoms with Gasteiger partial charge in [-0.05, 0) is 18.4 Å². The summed E-state index contributed by atoms with van der Waals surface area (Å²) in [5.74, 6) is 1.44. The van der Waals surface area contributed by atoms with E-state index in [1.165, 1.54) is 11.8 Å². The molecule has 3 aromatic rings. The van der Waals surface area contributed by atoms with Crippen LogP contribution in [0.5, 0.6) is 5.75 Å². The van der Waals surface area contributed by atoms with Crippen molar-refractivity contribution in [1.29, 1.82) is 0 Å². The second-order valence-corrected chi connectivity index (χ2v) is 4.76. The van der Waals surface area contributed by atoms with Crippen LogP contribution in [0.25, 0.3) is 11.2 Å². The molecule has 3 rings (SSSR count). The largest absolute Gasteiger partial charge is 0.495 e. The molecule has 0 aliphatic heterocycles. The lowest BCUT2D eigenvalue weighted by Gasteiger charge is -2.11. The summed E-state index contributed by atoms with van der Waals surface area (Å²) in [7, 11) is 1.64. The summed E-state index contributed by atoms with van der Waals surface area (Å²) in [4.78, 5) is 16.0. The van der Waals surface area contributed by atoms with Crippen LogP contribution in [0.3, 0.4) is 0 Å². The normalized spacial score (nSPS) is 10.7. The Hall–Kier alpha value is -2.28. The van der Waals surface area contributed by atoms with E-state index in [0.717, 1.165) is 17.0 Å². The van der Waals surface area contributed by atoms with Crippen molar-refractivity contribution in [3.63, 3.8) is 0 Å². The third-order valence-corrected chi connectivity index (χ3v) is 3.36. The quantitative estimate of drug-likeness (QED) is 0.567. The molecule has 102 valence electrons. The molecule has 0 atom stereocenters. The minimum atomic E-state index is 0.641. The van der Waals surface area contributed by atoms with Gasteiger partial charge in [0.1, 0.15) is 11.3 Å². The van der Waals surface area contributed by atoms with E-state index in [9.17, 15) is 0 Å². The fourth-order valence-corrected chi connectivity index (χ4v) is 2.23. The molecule has 2 heterocycles. The summed E-state index contributed by atoms with van der Waals surface area (Å²) in [6.45, 7) is 0. The Morgan fingerprint density at radius 3 is 2.90 bits per heavy atom.